The van der Waals surface area contributed by atoms with Crippen LogP contribution >= 0.6 is 11.8 Å². The Morgan fingerprint density at radius 3 is 2.90 bits per heavy atom. The average molecular weight is 281 g/mol. The predicted molar refractivity (Wildman–Crippen MR) is 83.5 cm³/mol. The molecule has 0 bridgehead atoms. The van der Waals surface area contributed by atoms with Gasteiger partial charge in [-0.25, -0.2) is 0 Å². The van der Waals surface area contributed by atoms with Crippen LogP contribution in [0, 0.1) is 0 Å². The van der Waals surface area contributed by atoms with E-state index in [9.17, 15) is 0 Å². The first-order chi connectivity index (χ1) is 9.90. The van der Waals surface area contributed by atoms with Crippen LogP contribution in [-0.2, 0) is 13.0 Å². The molecule has 0 amide bonds. The summed E-state index contributed by atoms with van der Waals surface area (Å²) in [6.07, 6.45) is 1.15. The minimum atomic E-state index is 0.617. The van der Waals surface area contributed by atoms with Crippen molar-refractivity contribution in [1.29, 1.82) is 0 Å². The van der Waals surface area contributed by atoms with E-state index in [1.807, 2.05) is 36.0 Å². The highest BCUT2D eigenvalue weighted by molar-refractivity contribution is 7.99. The van der Waals surface area contributed by atoms with Gasteiger partial charge in [-0.15, -0.1) is 11.8 Å². The first-order valence-electron chi connectivity index (χ1n) is 6.84. The first kappa shape index (κ1) is 11.9. The number of H-pyrrole nitrogens is 1. The van der Waals surface area contributed by atoms with E-state index in [1.54, 1.807) is 0 Å². The van der Waals surface area contributed by atoms with Gasteiger partial charge < -0.3 is 9.72 Å². The number of ether oxygens (including phenoxy) is 1. The van der Waals surface area contributed by atoms with E-state index >= 15 is 0 Å². The number of hydrogen-bond donors (Lipinski definition) is 1. The predicted octanol–water partition coefficient (Wildman–Crippen LogP) is 4.40. The fourth-order valence-corrected chi connectivity index (χ4v) is 3.79. The topological polar surface area (TPSA) is 25.0 Å². The van der Waals surface area contributed by atoms with Gasteiger partial charge in [0.25, 0.3) is 0 Å². The highest BCUT2D eigenvalue weighted by Crippen LogP contribution is 2.38. The van der Waals surface area contributed by atoms with Crippen LogP contribution in [0.3, 0.4) is 0 Å². The molecule has 0 radical (unpaired) electrons. The maximum Gasteiger partial charge on any atom is 0.120 e. The van der Waals surface area contributed by atoms with E-state index in [-0.39, 0.29) is 0 Å². The van der Waals surface area contributed by atoms with Crippen LogP contribution in [0.25, 0.3) is 10.9 Å². The number of hydrogen-bond acceptors (Lipinski definition) is 2. The maximum atomic E-state index is 5.91. The van der Waals surface area contributed by atoms with Gasteiger partial charge in [0.2, 0.25) is 0 Å². The second kappa shape index (κ2) is 4.91. The Kier molecular flexibility index (Phi) is 2.92. The van der Waals surface area contributed by atoms with Crippen LogP contribution in [0.4, 0.5) is 0 Å². The summed E-state index contributed by atoms with van der Waals surface area (Å²) in [5, 5.41) is 1.30. The van der Waals surface area contributed by atoms with Crippen molar-refractivity contribution in [2.45, 2.75) is 17.9 Å². The molecule has 20 heavy (non-hydrogen) atoms. The molecule has 3 aromatic rings. The summed E-state index contributed by atoms with van der Waals surface area (Å²) < 4.78 is 5.91. The monoisotopic (exact) mass is 281 g/mol. The highest BCUT2D eigenvalue weighted by Gasteiger charge is 2.17. The lowest BCUT2D eigenvalue weighted by Gasteiger charge is -2.06. The summed E-state index contributed by atoms with van der Waals surface area (Å²) in [6, 6.07) is 16.6. The van der Waals surface area contributed by atoms with Crippen molar-refractivity contribution < 1.29 is 4.74 Å². The highest BCUT2D eigenvalue weighted by atomic mass is 32.2. The van der Waals surface area contributed by atoms with E-state index in [0.717, 1.165) is 12.2 Å². The van der Waals surface area contributed by atoms with Crippen molar-refractivity contribution in [3.05, 3.63) is 59.8 Å². The maximum absolute atomic E-state index is 5.91. The van der Waals surface area contributed by atoms with Crippen molar-refractivity contribution in [2.24, 2.45) is 0 Å². The number of thioether (sulfide) groups is 1. The third-order valence-electron chi connectivity index (χ3n) is 3.64. The Labute approximate surface area is 122 Å². The van der Waals surface area contributed by atoms with Crippen LogP contribution in [0.2, 0.25) is 0 Å². The molecule has 3 heteroatoms. The minimum Gasteiger partial charge on any atom is -0.489 e. The zero-order valence-corrected chi connectivity index (χ0v) is 11.9. The Morgan fingerprint density at radius 1 is 1.10 bits per heavy atom. The molecule has 1 N–H and O–H groups in total. The number of aromatic amines is 1. The van der Waals surface area contributed by atoms with E-state index in [1.165, 1.54) is 32.8 Å². The Hall–Kier alpha value is -1.87. The van der Waals surface area contributed by atoms with Gasteiger partial charge in [0.15, 0.2) is 0 Å². The van der Waals surface area contributed by atoms with Crippen LogP contribution in [-0.4, -0.2) is 10.7 Å². The summed E-state index contributed by atoms with van der Waals surface area (Å²) in [6.45, 7) is 0.617. The molecule has 0 aliphatic carbocycles. The average Bonchev–Trinajstić information content (AvgIpc) is 3.07. The van der Waals surface area contributed by atoms with E-state index < -0.39 is 0 Å². The molecule has 1 aliphatic rings. The molecular formula is C17H15NOS. The molecule has 2 aromatic carbocycles. The van der Waals surface area contributed by atoms with E-state index in [2.05, 4.69) is 29.2 Å². The summed E-state index contributed by atoms with van der Waals surface area (Å²) >= 11 is 1.94. The number of aromatic nitrogens is 1. The van der Waals surface area contributed by atoms with Crippen molar-refractivity contribution in [3.63, 3.8) is 0 Å². The summed E-state index contributed by atoms with van der Waals surface area (Å²) in [7, 11) is 0. The van der Waals surface area contributed by atoms with Gasteiger partial charge >= 0.3 is 0 Å². The summed E-state index contributed by atoms with van der Waals surface area (Å²) in [4.78, 5) is 4.91. The quantitative estimate of drug-likeness (QED) is 0.770. The lowest BCUT2D eigenvalue weighted by molar-refractivity contribution is 0.306. The molecule has 0 atom stereocenters. The molecule has 0 saturated heterocycles. The second-order valence-electron chi connectivity index (χ2n) is 5.01. The molecule has 100 valence electrons. The van der Waals surface area contributed by atoms with Crippen molar-refractivity contribution in [3.8, 4) is 5.75 Å². The standard InChI is InChI=1S/C17H15NOS/c1-2-4-12(5-3-1)11-19-13-6-7-15-14(10-13)17-16(18-15)8-9-20-17/h1-7,10,18H,8-9,11H2. The first-order valence-corrected chi connectivity index (χ1v) is 7.83. The molecule has 1 aliphatic heterocycles. The van der Waals surface area contributed by atoms with Crippen LogP contribution in [0.1, 0.15) is 11.3 Å². The third kappa shape index (κ3) is 2.08. The third-order valence-corrected chi connectivity index (χ3v) is 4.81. The van der Waals surface area contributed by atoms with Crippen LogP contribution in [0.5, 0.6) is 5.75 Å². The fourth-order valence-electron chi connectivity index (χ4n) is 2.63. The fraction of sp³-hybridized carbons (Fsp3) is 0.176. The smallest absolute Gasteiger partial charge is 0.120 e. The number of nitrogens with one attached hydrogen (secondary N) is 1. The van der Waals surface area contributed by atoms with E-state index in [4.69, 9.17) is 4.74 Å². The minimum absolute atomic E-state index is 0.617. The lowest BCUT2D eigenvalue weighted by atomic mass is 10.2. The van der Waals surface area contributed by atoms with Crippen LogP contribution in [0.15, 0.2) is 53.4 Å². The van der Waals surface area contributed by atoms with Crippen molar-refractivity contribution in [2.75, 3.05) is 5.75 Å². The van der Waals surface area contributed by atoms with Crippen molar-refractivity contribution >= 4 is 22.7 Å². The molecule has 0 spiro atoms. The normalized spacial score (nSPS) is 13.6. The molecule has 4 rings (SSSR count). The molecule has 0 saturated carbocycles. The molecule has 2 nitrogen and oxygen atoms in total. The molecule has 2 heterocycles. The summed E-state index contributed by atoms with van der Waals surface area (Å²) in [5.74, 6) is 2.13. The molecular weight excluding hydrogens is 266 g/mol. The van der Waals surface area contributed by atoms with Gasteiger partial charge in [0.05, 0.1) is 0 Å². The van der Waals surface area contributed by atoms with Gasteiger partial charge in [0, 0.05) is 27.2 Å². The molecule has 0 fully saturated rings. The molecule has 0 unspecified atom stereocenters. The zero-order valence-electron chi connectivity index (χ0n) is 11.1. The number of fused-ring (bicyclic) bond motifs is 3. The van der Waals surface area contributed by atoms with Gasteiger partial charge in [-0.05, 0) is 30.2 Å². The Balaban J connectivity index is 1.61. The SMILES string of the molecule is c1ccc(COc2ccc3[nH]c4c(c3c2)SCC4)cc1. The van der Waals surface area contributed by atoms with Gasteiger partial charge in [-0.2, -0.15) is 0 Å². The molecule has 1 aromatic heterocycles. The zero-order chi connectivity index (χ0) is 13.4. The Bertz CT molecular complexity index is 748. The lowest BCUT2D eigenvalue weighted by Crippen LogP contribution is -1.94. The number of aryl methyl sites for hydroxylation is 1. The Morgan fingerprint density at radius 2 is 2.00 bits per heavy atom. The number of rotatable bonds is 3. The van der Waals surface area contributed by atoms with E-state index in [0.29, 0.717) is 6.61 Å². The van der Waals surface area contributed by atoms with Crippen LogP contribution < -0.4 is 4.74 Å². The van der Waals surface area contributed by atoms with Gasteiger partial charge in [-0.1, -0.05) is 30.3 Å². The largest absolute Gasteiger partial charge is 0.489 e. The van der Waals surface area contributed by atoms with Gasteiger partial charge in [-0.3, -0.25) is 0 Å². The van der Waals surface area contributed by atoms with Crippen molar-refractivity contribution in [1.82, 2.24) is 4.98 Å². The van der Waals surface area contributed by atoms with Gasteiger partial charge in [0.1, 0.15) is 12.4 Å². The number of benzene rings is 2. The second-order valence-corrected chi connectivity index (χ2v) is 6.12. The summed E-state index contributed by atoms with van der Waals surface area (Å²) in [5.41, 5.74) is 3.79.